The summed E-state index contributed by atoms with van der Waals surface area (Å²) in [5.74, 6) is 0.557. The van der Waals surface area contributed by atoms with Crippen molar-refractivity contribution in [2.24, 2.45) is 12.0 Å². The van der Waals surface area contributed by atoms with E-state index in [0.717, 1.165) is 5.69 Å². The third-order valence-electron chi connectivity index (χ3n) is 3.33. The van der Waals surface area contributed by atoms with Crippen LogP contribution in [-0.2, 0) is 13.6 Å². The van der Waals surface area contributed by atoms with Gasteiger partial charge in [0.15, 0.2) is 5.96 Å². The van der Waals surface area contributed by atoms with E-state index in [-0.39, 0.29) is 0 Å². The summed E-state index contributed by atoms with van der Waals surface area (Å²) in [4.78, 5) is 5.31. The molecule has 0 unspecified atom stereocenters. The number of rotatable bonds is 7. The predicted octanol–water partition coefficient (Wildman–Crippen LogP) is 2.88. The van der Waals surface area contributed by atoms with Crippen LogP contribution in [0, 0.1) is 0 Å². The minimum atomic E-state index is -4.17. The third kappa shape index (κ3) is 7.19. The first kappa shape index (κ1) is 20.9. The molecule has 0 bridgehead atoms. The lowest BCUT2D eigenvalue weighted by molar-refractivity contribution is -0.143. The number of hydrogen-bond donors (Lipinski definition) is 2. The van der Waals surface area contributed by atoms with Crippen LogP contribution in [0.1, 0.15) is 12.1 Å². The Balaban J connectivity index is 2.32. The van der Waals surface area contributed by atoms with E-state index in [0.29, 0.717) is 42.2 Å². The van der Waals surface area contributed by atoms with Gasteiger partial charge in [0.05, 0.1) is 18.1 Å². The Bertz CT molecular complexity index is 557. The number of hydrogen-bond acceptors (Lipinski definition) is 2. The Morgan fingerprint density at radius 1 is 1.33 bits per heavy atom. The van der Waals surface area contributed by atoms with E-state index in [9.17, 15) is 13.2 Å². The van der Waals surface area contributed by atoms with Gasteiger partial charge in [0, 0.05) is 26.3 Å². The minimum Gasteiger partial charge on any atom is -0.356 e. The fourth-order valence-corrected chi connectivity index (χ4v) is 2.51. The van der Waals surface area contributed by atoms with Crippen LogP contribution in [-0.4, -0.2) is 55.3 Å². The van der Waals surface area contributed by atoms with Crippen LogP contribution in [0.5, 0.6) is 0 Å². The lowest BCUT2D eigenvalue weighted by Gasteiger charge is -2.19. The van der Waals surface area contributed by atoms with E-state index in [4.69, 9.17) is 23.2 Å². The van der Waals surface area contributed by atoms with Crippen LogP contribution in [0.4, 0.5) is 13.2 Å². The van der Waals surface area contributed by atoms with Crippen molar-refractivity contribution in [3.8, 4) is 0 Å². The smallest absolute Gasteiger partial charge is 0.356 e. The number of halogens is 5. The molecule has 1 aromatic heterocycles. The van der Waals surface area contributed by atoms with Crippen LogP contribution in [0.2, 0.25) is 10.2 Å². The van der Waals surface area contributed by atoms with Crippen LogP contribution in [0.25, 0.3) is 0 Å². The molecule has 10 heteroatoms. The van der Waals surface area contributed by atoms with Gasteiger partial charge in [-0.15, -0.1) is 0 Å². The lowest BCUT2D eigenvalue weighted by Crippen LogP contribution is -2.39. The molecule has 1 rings (SSSR count). The molecule has 0 radical (unpaired) electrons. The lowest BCUT2D eigenvalue weighted by atomic mass is 10.4. The molecule has 1 aromatic rings. The normalized spacial score (nSPS) is 12.8. The summed E-state index contributed by atoms with van der Waals surface area (Å²) in [6.45, 7) is 0.411. The van der Waals surface area contributed by atoms with E-state index < -0.39 is 12.7 Å². The van der Waals surface area contributed by atoms with E-state index >= 15 is 0 Å². The van der Waals surface area contributed by atoms with Gasteiger partial charge in [0.25, 0.3) is 0 Å². The summed E-state index contributed by atoms with van der Waals surface area (Å²) in [5.41, 5.74) is 0.887. The van der Waals surface area contributed by atoms with Gasteiger partial charge < -0.3 is 15.2 Å². The van der Waals surface area contributed by atoms with Gasteiger partial charge in [0.2, 0.25) is 0 Å². The van der Waals surface area contributed by atoms with Crippen LogP contribution >= 0.6 is 23.2 Å². The number of nitrogens with zero attached hydrogens (tertiary/aromatic N) is 3. The Morgan fingerprint density at radius 3 is 2.50 bits per heavy atom. The summed E-state index contributed by atoms with van der Waals surface area (Å²) < 4.78 is 38.4. The summed E-state index contributed by atoms with van der Waals surface area (Å²) in [6, 6.07) is 1.76. The molecular weight excluding hydrogens is 366 g/mol. The second-order valence-electron chi connectivity index (χ2n) is 5.39. The van der Waals surface area contributed by atoms with E-state index in [2.05, 4.69) is 15.6 Å². The fraction of sp³-hybridized carbons (Fsp3) is 0.643. The molecule has 0 aliphatic carbocycles. The quantitative estimate of drug-likeness (QED) is 0.429. The van der Waals surface area contributed by atoms with Crippen molar-refractivity contribution < 1.29 is 13.2 Å². The van der Waals surface area contributed by atoms with Crippen LogP contribution in [0.15, 0.2) is 11.1 Å². The molecule has 0 spiro atoms. The SMILES string of the molecule is CN=C(NCCCN(C)CC(F)(F)F)NCc1cc(Cl)c(Cl)n1C. The van der Waals surface area contributed by atoms with Crippen molar-refractivity contribution >= 4 is 29.2 Å². The Hall–Kier alpha value is -1.12. The summed E-state index contributed by atoms with van der Waals surface area (Å²) in [6.07, 6.45) is -3.60. The van der Waals surface area contributed by atoms with Gasteiger partial charge in [-0.25, -0.2) is 0 Å². The molecule has 0 amide bonds. The van der Waals surface area contributed by atoms with Crippen molar-refractivity contribution in [2.45, 2.75) is 19.1 Å². The number of aliphatic imine (C=N–C) groups is 1. The molecule has 0 saturated heterocycles. The van der Waals surface area contributed by atoms with E-state index in [1.807, 2.05) is 0 Å². The second-order valence-corrected chi connectivity index (χ2v) is 6.16. The highest BCUT2D eigenvalue weighted by atomic mass is 35.5. The maximum Gasteiger partial charge on any atom is 0.401 e. The predicted molar refractivity (Wildman–Crippen MR) is 91.8 cm³/mol. The molecule has 2 N–H and O–H groups in total. The first-order chi connectivity index (χ1) is 11.1. The molecule has 0 atom stereocenters. The number of aromatic nitrogens is 1. The Labute approximate surface area is 149 Å². The molecule has 0 saturated carbocycles. The monoisotopic (exact) mass is 387 g/mol. The fourth-order valence-electron chi connectivity index (χ4n) is 2.09. The molecule has 5 nitrogen and oxygen atoms in total. The molecule has 1 heterocycles. The van der Waals surface area contributed by atoms with Gasteiger partial charge in [0.1, 0.15) is 5.15 Å². The molecule has 0 fully saturated rings. The average Bonchev–Trinajstić information content (AvgIpc) is 2.72. The maximum atomic E-state index is 12.2. The molecular formula is C14H22Cl2F3N5. The first-order valence-corrected chi connectivity index (χ1v) is 8.09. The third-order valence-corrected chi connectivity index (χ3v) is 4.18. The summed E-state index contributed by atoms with van der Waals surface area (Å²) in [7, 11) is 4.87. The zero-order valence-corrected chi connectivity index (χ0v) is 15.4. The van der Waals surface area contributed by atoms with Gasteiger partial charge in [-0.05, 0) is 26.1 Å². The van der Waals surface area contributed by atoms with Gasteiger partial charge in [-0.1, -0.05) is 23.2 Å². The largest absolute Gasteiger partial charge is 0.401 e. The minimum absolute atomic E-state index is 0.340. The zero-order chi connectivity index (χ0) is 18.3. The number of guanidine groups is 1. The molecule has 0 aliphatic heterocycles. The standard InChI is InChI=1S/C14H22Cl2F3N5/c1-20-13(21-5-4-6-23(2)9-14(17,18)19)22-8-10-7-11(15)12(16)24(10)3/h7H,4-6,8-9H2,1-3H3,(H2,20,21,22). The summed E-state index contributed by atoms with van der Waals surface area (Å²) >= 11 is 11.9. The van der Waals surface area contributed by atoms with Crippen molar-refractivity contribution in [1.82, 2.24) is 20.1 Å². The zero-order valence-electron chi connectivity index (χ0n) is 13.8. The van der Waals surface area contributed by atoms with Crippen molar-refractivity contribution in [1.29, 1.82) is 0 Å². The molecule has 138 valence electrons. The van der Waals surface area contributed by atoms with Gasteiger partial charge in [-0.2, -0.15) is 13.2 Å². The average molecular weight is 388 g/mol. The van der Waals surface area contributed by atoms with Gasteiger partial charge in [-0.3, -0.25) is 9.89 Å². The second kappa shape index (κ2) is 9.39. The molecule has 0 aromatic carbocycles. The molecule has 0 aliphatic rings. The van der Waals surface area contributed by atoms with Gasteiger partial charge >= 0.3 is 6.18 Å². The topological polar surface area (TPSA) is 44.6 Å². The number of alkyl halides is 3. The van der Waals surface area contributed by atoms with E-state index in [1.54, 1.807) is 24.7 Å². The highest BCUT2D eigenvalue weighted by Crippen LogP contribution is 2.24. The highest BCUT2D eigenvalue weighted by molar-refractivity contribution is 6.41. The van der Waals surface area contributed by atoms with Crippen molar-refractivity contribution in [3.63, 3.8) is 0 Å². The number of nitrogens with one attached hydrogen (secondary N) is 2. The van der Waals surface area contributed by atoms with E-state index in [1.165, 1.54) is 11.9 Å². The maximum absolute atomic E-state index is 12.2. The Morgan fingerprint density at radius 2 is 2.00 bits per heavy atom. The highest BCUT2D eigenvalue weighted by Gasteiger charge is 2.28. The summed E-state index contributed by atoms with van der Waals surface area (Å²) in [5, 5.41) is 7.10. The van der Waals surface area contributed by atoms with Crippen LogP contribution in [0.3, 0.4) is 0 Å². The van der Waals surface area contributed by atoms with Crippen molar-refractivity contribution in [2.75, 3.05) is 33.7 Å². The van der Waals surface area contributed by atoms with Crippen molar-refractivity contribution in [3.05, 3.63) is 21.9 Å². The Kier molecular flexibility index (Phi) is 8.18. The first-order valence-electron chi connectivity index (χ1n) is 7.33. The van der Waals surface area contributed by atoms with Crippen LogP contribution < -0.4 is 10.6 Å². The molecule has 24 heavy (non-hydrogen) atoms.